The van der Waals surface area contributed by atoms with E-state index in [2.05, 4.69) is 17.3 Å². The zero-order chi connectivity index (χ0) is 21.8. The maximum absolute atomic E-state index is 13.0. The van der Waals surface area contributed by atoms with Crippen molar-refractivity contribution in [2.24, 2.45) is 0 Å². The van der Waals surface area contributed by atoms with E-state index in [1.807, 2.05) is 24.3 Å². The summed E-state index contributed by atoms with van der Waals surface area (Å²) in [6.45, 7) is 2.77. The van der Waals surface area contributed by atoms with Crippen LogP contribution >= 0.6 is 0 Å². The van der Waals surface area contributed by atoms with Crippen LogP contribution in [0.5, 0.6) is 11.5 Å². The maximum atomic E-state index is 13.0. The van der Waals surface area contributed by atoms with Gasteiger partial charge in [0.2, 0.25) is 0 Å². The molecule has 2 aromatic carbocycles. The lowest BCUT2D eigenvalue weighted by Crippen LogP contribution is -2.16. The Hall–Kier alpha value is -3.13. The van der Waals surface area contributed by atoms with Crippen LogP contribution in [0.25, 0.3) is 5.69 Å². The van der Waals surface area contributed by atoms with Crippen LogP contribution in [-0.2, 0) is 22.3 Å². The van der Waals surface area contributed by atoms with Gasteiger partial charge in [-0.1, -0.05) is 13.3 Å². The van der Waals surface area contributed by atoms with E-state index in [0.29, 0.717) is 29.5 Å². The van der Waals surface area contributed by atoms with Crippen molar-refractivity contribution in [3.8, 4) is 17.2 Å². The smallest absolute Gasteiger partial charge is 0.256 e. The van der Waals surface area contributed by atoms with Crippen LogP contribution in [0.1, 0.15) is 41.4 Å². The van der Waals surface area contributed by atoms with Crippen molar-refractivity contribution in [3.05, 3.63) is 65.4 Å². The maximum Gasteiger partial charge on any atom is 0.256 e. The molecule has 1 N–H and O–H groups in total. The van der Waals surface area contributed by atoms with E-state index in [1.165, 1.54) is 0 Å². The molecule has 162 valence electrons. The topological polar surface area (TPSA) is 82.4 Å². The molecule has 1 aliphatic heterocycles. The van der Waals surface area contributed by atoms with Crippen molar-refractivity contribution >= 4 is 22.5 Å². The first kappa shape index (κ1) is 21.1. The van der Waals surface area contributed by atoms with Crippen LogP contribution in [0.15, 0.2) is 48.5 Å². The first-order chi connectivity index (χ1) is 15.1. The number of nitrogens with zero attached hydrogens (tertiary/aromatic N) is 2. The zero-order valence-corrected chi connectivity index (χ0v) is 18.4. The van der Waals surface area contributed by atoms with Gasteiger partial charge in [0, 0.05) is 21.9 Å². The molecule has 1 aliphatic rings. The highest BCUT2D eigenvalue weighted by Gasteiger charge is 2.28. The minimum absolute atomic E-state index is 0.254. The van der Waals surface area contributed by atoms with Gasteiger partial charge in [0.1, 0.15) is 17.3 Å². The number of benzene rings is 2. The molecule has 1 atom stereocenters. The number of hydrogen-bond acceptors (Lipinski definition) is 5. The average molecular weight is 440 g/mol. The minimum Gasteiger partial charge on any atom is -0.497 e. The molecule has 4 rings (SSSR count). The van der Waals surface area contributed by atoms with Crippen LogP contribution < -0.4 is 14.8 Å². The minimum atomic E-state index is -0.999. The summed E-state index contributed by atoms with van der Waals surface area (Å²) in [5.41, 5.74) is 2.88. The molecule has 0 saturated heterocycles. The molecule has 2 heterocycles. The second-order valence-corrected chi connectivity index (χ2v) is 8.75. The third-order valence-electron chi connectivity index (χ3n) is 5.10. The van der Waals surface area contributed by atoms with Crippen molar-refractivity contribution in [1.29, 1.82) is 0 Å². The second kappa shape index (κ2) is 9.34. The fourth-order valence-electron chi connectivity index (χ4n) is 3.38. The quantitative estimate of drug-likeness (QED) is 0.535. The van der Waals surface area contributed by atoms with Gasteiger partial charge in [0.05, 0.1) is 36.6 Å². The van der Waals surface area contributed by atoms with E-state index < -0.39 is 10.8 Å². The predicted molar refractivity (Wildman–Crippen MR) is 120 cm³/mol. The van der Waals surface area contributed by atoms with Gasteiger partial charge in [0.15, 0.2) is 0 Å². The van der Waals surface area contributed by atoms with Crippen LogP contribution in [0.2, 0.25) is 0 Å². The van der Waals surface area contributed by atoms with Gasteiger partial charge < -0.3 is 14.8 Å². The Labute approximate surface area is 183 Å². The van der Waals surface area contributed by atoms with Crippen molar-refractivity contribution < 1.29 is 18.5 Å². The Kier molecular flexibility index (Phi) is 6.36. The molecular weight excluding hydrogens is 414 g/mol. The highest BCUT2D eigenvalue weighted by atomic mass is 32.2. The summed E-state index contributed by atoms with van der Waals surface area (Å²) in [6, 6.07) is 14.5. The number of ether oxygens (including phenoxy) is 2. The molecule has 0 unspecified atom stereocenters. The Balaban J connectivity index is 1.58. The van der Waals surface area contributed by atoms with Gasteiger partial charge in [-0.2, -0.15) is 5.10 Å². The molecule has 31 heavy (non-hydrogen) atoms. The third kappa shape index (κ3) is 4.64. The summed E-state index contributed by atoms with van der Waals surface area (Å²) in [5.74, 6) is 2.55. The molecule has 0 spiro atoms. The zero-order valence-electron chi connectivity index (χ0n) is 17.6. The summed E-state index contributed by atoms with van der Waals surface area (Å²) < 4.78 is 24.6. The van der Waals surface area contributed by atoms with Gasteiger partial charge >= 0.3 is 0 Å². The SMILES string of the molecule is CCCCOc1ccc(C(=O)Nc2c3c(nn2-c2ccc(OC)cc2)C[S@@](=O)C3)cc1. The van der Waals surface area contributed by atoms with E-state index in [1.54, 1.807) is 36.1 Å². The first-order valence-corrected chi connectivity index (χ1v) is 11.7. The van der Waals surface area contributed by atoms with Gasteiger partial charge in [-0.15, -0.1) is 0 Å². The monoisotopic (exact) mass is 439 g/mol. The van der Waals surface area contributed by atoms with Crippen molar-refractivity contribution in [1.82, 2.24) is 9.78 Å². The summed E-state index contributed by atoms with van der Waals surface area (Å²) in [5, 5.41) is 7.60. The molecule has 3 aromatic rings. The number of carbonyl (C=O) groups excluding carboxylic acids is 1. The highest BCUT2D eigenvalue weighted by molar-refractivity contribution is 7.83. The number of rotatable bonds is 8. The normalized spacial score (nSPS) is 14.8. The molecule has 0 bridgehead atoms. The summed E-state index contributed by atoms with van der Waals surface area (Å²) >= 11 is 0. The lowest BCUT2D eigenvalue weighted by atomic mass is 10.2. The average Bonchev–Trinajstić information content (AvgIpc) is 3.31. The van der Waals surface area contributed by atoms with Crippen LogP contribution in [-0.4, -0.2) is 33.6 Å². The predicted octanol–water partition coefficient (Wildman–Crippen LogP) is 4.07. The number of nitrogens with one attached hydrogen (secondary N) is 1. The molecule has 0 aliphatic carbocycles. The van der Waals surface area contributed by atoms with Crippen LogP contribution in [0, 0.1) is 0 Å². The van der Waals surface area contributed by atoms with Gasteiger partial charge in [-0.3, -0.25) is 9.00 Å². The summed E-state index contributed by atoms with van der Waals surface area (Å²) in [4.78, 5) is 13.0. The van der Waals surface area contributed by atoms with E-state index >= 15 is 0 Å². The standard InChI is InChI=1S/C23H25N3O4S/c1-3-4-13-30-19-9-5-16(6-10-19)23(27)24-22-20-14-31(28)15-21(20)25-26(22)17-7-11-18(29-2)12-8-17/h5-12H,3-4,13-15H2,1-2H3,(H,24,27)/t31-/m0/s1. The molecule has 0 radical (unpaired) electrons. The van der Waals surface area contributed by atoms with Crippen molar-refractivity contribution in [2.45, 2.75) is 31.3 Å². The number of anilines is 1. The van der Waals surface area contributed by atoms with Crippen LogP contribution in [0.4, 0.5) is 5.82 Å². The molecule has 7 nitrogen and oxygen atoms in total. The second-order valence-electron chi connectivity index (χ2n) is 7.29. The molecule has 0 fully saturated rings. The summed E-state index contributed by atoms with van der Waals surface area (Å²) in [7, 11) is 0.611. The Morgan fingerprint density at radius 1 is 1.10 bits per heavy atom. The molecule has 0 saturated carbocycles. The molecular formula is C23H25N3O4S. The van der Waals surface area contributed by atoms with E-state index in [9.17, 15) is 9.00 Å². The molecule has 1 aromatic heterocycles. The van der Waals surface area contributed by atoms with Crippen molar-refractivity contribution in [2.75, 3.05) is 19.0 Å². The number of aromatic nitrogens is 2. The fourth-order valence-corrected chi connectivity index (χ4v) is 4.65. The van der Waals surface area contributed by atoms with Crippen molar-refractivity contribution in [3.63, 3.8) is 0 Å². The Morgan fingerprint density at radius 3 is 2.48 bits per heavy atom. The Morgan fingerprint density at radius 2 is 1.81 bits per heavy atom. The lowest BCUT2D eigenvalue weighted by molar-refractivity contribution is 0.102. The molecule has 1 amide bonds. The molecule has 8 heteroatoms. The van der Waals surface area contributed by atoms with Gasteiger partial charge in [0.25, 0.3) is 5.91 Å². The number of methoxy groups -OCH3 is 1. The number of amides is 1. The van der Waals surface area contributed by atoms with Crippen LogP contribution in [0.3, 0.4) is 0 Å². The summed E-state index contributed by atoms with van der Waals surface area (Å²) in [6.07, 6.45) is 2.06. The fraction of sp³-hybridized carbons (Fsp3) is 0.304. The highest BCUT2D eigenvalue weighted by Crippen LogP contribution is 2.32. The number of hydrogen-bond donors (Lipinski definition) is 1. The van der Waals surface area contributed by atoms with Gasteiger partial charge in [-0.25, -0.2) is 4.68 Å². The number of unbranched alkanes of at least 4 members (excludes halogenated alkanes) is 1. The largest absolute Gasteiger partial charge is 0.497 e. The van der Waals surface area contributed by atoms with E-state index in [4.69, 9.17) is 9.47 Å². The lowest BCUT2D eigenvalue weighted by Gasteiger charge is -2.12. The van der Waals surface area contributed by atoms with E-state index in [0.717, 1.165) is 41.3 Å². The van der Waals surface area contributed by atoms with E-state index in [-0.39, 0.29) is 5.91 Å². The number of fused-ring (bicyclic) bond motifs is 1. The Bertz CT molecular complexity index is 1090. The number of carbonyl (C=O) groups is 1. The third-order valence-corrected chi connectivity index (χ3v) is 6.31. The van der Waals surface area contributed by atoms with Gasteiger partial charge in [-0.05, 0) is 55.0 Å². The first-order valence-electron chi connectivity index (χ1n) is 10.2.